The Bertz CT molecular complexity index is 435. The van der Waals surface area contributed by atoms with Crippen molar-refractivity contribution < 1.29 is 9.53 Å². The highest BCUT2D eigenvalue weighted by molar-refractivity contribution is 5.82. The summed E-state index contributed by atoms with van der Waals surface area (Å²) in [6.45, 7) is 5.38. The molecule has 1 fully saturated rings. The maximum atomic E-state index is 12.5. The number of hydrogen-bond acceptors (Lipinski definition) is 3. The molecule has 1 saturated heterocycles. The van der Waals surface area contributed by atoms with E-state index in [1.807, 2.05) is 42.2 Å². The third-order valence-electron chi connectivity index (χ3n) is 3.71. The van der Waals surface area contributed by atoms with E-state index in [1.165, 1.54) is 0 Å². The van der Waals surface area contributed by atoms with Crippen molar-refractivity contribution in [3.63, 3.8) is 0 Å². The van der Waals surface area contributed by atoms with Crippen LogP contribution in [0.3, 0.4) is 0 Å². The van der Waals surface area contributed by atoms with Crippen molar-refractivity contribution >= 4 is 5.91 Å². The first-order valence-electron chi connectivity index (χ1n) is 7.34. The smallest absolute Gasteiger partial charge is 0.240 e. The Hall–Kier alpha value is -1.39. The predicted octanol–water partition coefficient (Wildman–Crippen LogP) is 1.58. The molecular weight excluding hydrogens is 252 g/mol. The first-order valence-corrected chi connectivity index (χ1v) is 7.34. The van der Waals surface area contributed by atoms with E-state index in [4.69, 9.17) is 10.5 Å². The second-order valence-corrected chi connectivity index (χ2v) is 5.52. The summed E-state index contributed by atoms with van der Waals surface area (Å²) in [6, 6.07) is 9.44. The van der Waals surface area contributed by atoms with Crippen molar-refractivity contribution in [2.75, 3.05) is 13.1 Å². The van der Waals surface area contributed by atoms with E-state index in [0.717, 1.165) is 12.0 Å². The van der Waals surface area contributed by atoms with Crippen molar-refractivity contribution in [3.8, 4) is 0 Å². The van der Waals surface area contributed by atoms with Gasteiger partial charge in [0.25, 0.3) is 0 Å². The molecular formula is C16H24N2O2. The van der Waals surface area contributed by atoms with Gasteiger partial charge in [0.15, 0.2) is 0 Å². The van der Waals surface area contributed by atoms with Crippen LogP contribution < -0.4 is 5.73 Å². The Morgan fingerprint density at radius 3 is 2.75 bits per heavy atom. The average molecular weight is 276 g/mol. The molecule has 1 aliphatic rings. The zero-order chi connectivity index (χ0) is 14.5. The molecule has 0 aliphatic carbocycles. The zero-order valence-electron chi connectivity index (χ0n) is 12.3. The van der Waals surface area contributed by atoms with E-state index in [1.54, 1.807) is 0 Å². The number of carbonyl (C=O) groups excluding carboxylic acids is 1. The monoisotopic (exact) mass is 276 g/mol. The standard InChI is InChI=1S/C16H24N2O2/c1-3-14-11-18(10-12(2)20-14)16(19)15(17)9-13-7-5-4-6-8-13/h4-8,12,14-15H,3,9-11,17H2,1-2H3/t12?,14?,15-/m0/s1. The molecule has 1 amide bonds. The molecule has 1 heterocycles. The third kappa shape index (κ3) is 3.81. The molecule has 2 unspecified atom stereocenters. The number of rotatable bonds is 4. The van der Waals surface area contributed by atoms with Crippen molar-refractivity contribution in [2.24, 2.45) is 5.73 Å². The molecule has 1 aromatic carbocycles. The van der Waals surface area contributed by atoms with Gasteiger partial charge in [-0.3, -0.25) is 4.79 Å². The van der Waals surface area contributed by atoms with Crippen LogP contribution in [0.1, 0.15) is 25.8 Å². The van der Waals surface area contributed by atoms with Gasteiger partial charge < -0.3 is 15.4 Å². The van der Waals surface area contributed by atoms with Gasteiger partial charge in [-0.1, -0.05) is 37.3 Å². The first-order chi connectivity index (χ1) is 9.60. The van der Waals surface area contributed by atoms with Crippen LogP contribution in [0.4, 0.5) is 0 Å². The van der Waals surface area contributed by atoms with Crippen LogP contribution in [0.5, 0.6) is 0 Å². The topological polar surface area (TPSA) is 55.6 Å². The van der Waals surface area contributed by atoms with Crippen molar-refractivity contribution in [2.45, 2.75) is 44.9 Å². The molecule has 20 heavy (non-hydrogen) atoms. The molecule has 4 nitrogen and oxygen atoms in total. The predicted molar refractivity (Wildman–Crippen MR) is 79.3 cm³/mol. The minimum atomic E-state index is -0.472. The summed E-state index contributed by atoms with van der Waals surface area (Å²) in [5.41, 5.74) is 7.18. The number of morpholine rings is 1. The van der Waals surface area contributed by atoms with Gasteiger partial charge in [-0.2, -0.15) is 0 Å². The van der Waals surface area contributed by atoms with Gasteiger partial charge in [-0.25, -0.2) is 0 Å². The third-order valence-corrected chi connectivity index (χ3v) is 3.71. The Labute approximate surface area is 120 Å². The summed E-state index contributed by atoms with van der Waals surface area (Å²) >= 11 is 0. The van der Waals surface area contributed by atoms with Crippen molar-refractivity contribution in [3.05, 3.63) is 35.9 Å². The highest BCUT2D eigenvalue weighted by atomic mass is 16.5. The summed E-state index contributed by atoms with van der Waals surface area (Å²) in [5, 5.41) is 0. The Morgan fingerprint density at radius 2 is 2.10 bits per heavy atom. The average Bonchev–Trinajstić information content (AvgIpc) is 2.46. The summed E-state index contributed by atoms with van der Waals surface area (Å²) in [6.07, 6.45) is 1.72. The van der Waals surface area contributed by atoms with E-state index in [9.17, 15) is 4.79 Å². The largest absolute Gasteiger partial charge is 0.372 e. The Balaban J connectivity index is 1.95. The molecule has 1 aromatic rings. The lowest BCUT2D eigenvalue weighted by Crippen LogP contribution is -2.54. The van der Waals surface area contributed by atoms with Gasteiger partial charge in [0, 0.05) is 13.1 Å². The molecule has 2 rings (SSSR count). The van der Waals surface area contributed by atoms with Crippen LogP contribution in [0, 0.1) is 0 Å². The zero-order valence-corrected chi connectivity index (χ0v) is 12.3. The van der Waals surface area contributed by atoms with Crippen LogP contribution in [0.2, 0.25) is 0 Å². The van der Waals surface area contributed by atoms with E-state index in [-0.39, 0.29) is 18.1 Å². The first kappa shape index (κ1) is 15.0. The molecule has 1 aliphatic heterocycles. The maximum absolute atomic E-state index is 12.5. The van der Waals surface area contributed by atoms with Gasteiger partial charge in [0.05, 0.1) is 18.2 Å². The highest BCUT2D eigenvalue weighted by Crippen LogP contribution is 2.15. The van der Waals surface area contributed by atoms with E-state index >= 15 is 0 Å². The lowest BCUT2D eigenvalue weighted by molar-refractivity contribution is -0.145. The molecule has 4 heteroatoms. The fourth-order valence-corrected chi connectivity index (χ4v) is 2.64. The van der Waals surface area contributed by atoms with Crippen LogP contribution >= 0.6 is 0 Å². The number of carbonyl (C=O) groups is 1. The van der Waals surface area contributed by atoms with Gasteiger partial charge in [-0.15, -0.1) is 0 Å². The van der Waals surface area contributed by atoms with E-state index in [0.29, 0.717) is 19.5 Å². The molecule has 2 N–H and O–H groups in total. The van der Waals surface area contributed by atoms with Crippen LogP contribution in [0.15, 0.2) is 30.3 Å². The van der Waals surface area contributed by atoms with Crippen molar-refractivity contribution in [1.29, 1.82) is 0 Å². The number of benzene rings is 1. The molecule has 0 aromatic heterocycles. The lowest BCUT2D eigenvalue weighted by atomic mass is 10.0. The number of ether oxygens (including phenoxy) is 1. The normalized spacial score (nSPS) is 24.4. The minimum absolute atomic E-state index is 0.0300. The van der Waals surface area contributed by atoms with Crippen molar-refractivity contribution in [1.82, 2.24) is 4.90 Å². The summed E-state index contributed by atoms with van der Waals surface area (Å²) in [7, 11) is 0. The minimum Gasteiger partial charge on any atom is -0.372 e. The molecule has 0 bridgehead atoms. The lowest BCUT2D eigenvalue weighted by Gasteiger charge is -2.37. The quantitative estimate of drug-likeness (QED) is 0.908. The fourth-order valence-electron chi connectivity index (χ4n) is 2.64. The van der Waals surface area contributed by atoms with Gasteiger partial charge >= 0.3 is 0 Å². The van der Waals surface area contributed by atoms with Crippen LogP contribution in [0.25, 0.3) is 0 Å². The number of hydrogen-bond donors (Lipinski definition) is 1. The summed E-state index contributed by atoms with van der Waals surface area (Å²) < 4.78 is 5.78. The Morgan fingerprint density at radius 1 is 1.40 bits per heavy atom. The molecule has 0 radical (unpaired) electrons. The second kappa shape index (κ2) is 6.86. The van der Waals surface area contributed by atoms with E-state index < -0.39 is 6.04 Å². The van der Waals surface area contributed by atoms with Crippen LogP contribution in [-0.4, -0.2) is 42.1 Å². The van der Waals surface area contributed by atoms with Gasteiger partial charge in [0.1, 0.15) is 0 Å². The maximum Gasteiger partial charge on any atom is 0.240 e. The number of nitrogens with two attached hydrogens (primary N) is 1. The Kier molecular flexibility index (Phi) is 5.15. The molecule has 3 atom stereocenters. The molecule has 0 spiro atoms. The number of nitrogens with zero attached hydrogens (tertiary/aromatic N) is 1. The molecule has 110 valence electrons. The van der Waals surface area contributed by atoms with Crippen LogP contribution in [-0.2, 0) is 16.0 Å². The SMILES string of the molecule is CCC1CN(C(=O)[C@@H](N)Cc2ccccc2)CC(C)O1. The van der Waals surface area contributed by atoms with E-state index in [2.05, 4.69) is 6.92 Å². The second-order valence-electron chi connectivity index (χ2n) is 5.52. The summed E-state index contributed by atoms with van der Waals surface area (Å²) in [4.78, 5) is 14.3. The number of amides is 1. The van der Waals surface area contributed by atoms with Gasteiger partial charge in [-0.05, 0) is 25.3 Å². The molecule has 0 saturated carbocycles. The fraction of sp³-hybridized carbons (Fsp3) is 0.562. The van der Waals surface area contributed by atoms with Gasteiger partial charge in [0.2, 0.25) is 5.91 Å². The highest BCUT2D eigenvalue weighted by Gasteiger charge is 2.30. The summed E-state index contributed by atoms with van der Waals surface area (Å²) in [5.74, 6) is 0.0300.